The van der Waals surface area contributed by atoms with Crippen molar-refractivity contribution in [2.45, 2.75) is 19.6 Å². The van der Waals surface area contributed by atoms with E-state index in [9.17, 15) is 23.8 Å². The summed E-state index contributed by atoms with van der Waals surface area (Å²) in [6.45, 7) is -1.97. The Kier molecular flexibility index (Phi) is 16.0. The Hall–Kier alpha value is 2.22. The van der Waals surface area contributed by atoms with Crippen LogP contribution in [-0.2, 0) is 40.8 Å². The van der Waals surface area contributed by atoms with Gasteiger partial charge in [0, 0.05) is 13.2 Å². The van der Waals surface area contributed by atoms with Gasteiger partial charge in [-0.3, -0.25) is 13.2 Å². The fourth-order valence-corrected chi connectivity index (χ4v) is 6.56. The van der Waals surface area contributed by atoms with Crippen LogP contribution >= 0.6 is 21.9 Å². The maximum Gasteiger partial charge on any atom is 1.00 e. The molecule has 0 radical (unpaired) electrons. The zero-order valence-electron chi connectivity index (χ0n) is 17.0. The number of imidazole rings is 1. The fourth-order valence-electron chi connectivity index (χ4n) is 1.95. The van der Waals surface area contributed by atoms with Crippen molar-refractivity contribution in [1.29, 1.82) is 0 Å². The summed E-state index contributed by atoms with van der Waals surface area (Å²) in [7, 11) is -10.1. The summed E-state index contributed by atoms with van der Waals surface area (Å²) in [6, 6.07) is 0. The molecule has 2 rings (SSSR count). The summed E-state index contributed by atoms with van der Waals surface area (Å²) in [6.07, 6.45) is 1.34. The van der Waals surface area contributed by atoms with Gasteiger partial charge >= 0.3 is 88.7 Å². The van der Waals surface area contributed by atoms with Gasteiger partial charge in [0.1, 0.15) is 19.4 Å². The minimum Gasteiger partial charge on any atom is -0.799 e. The molecule has 0 spiro atoms. The molecule has 0 saturated heterocycles. The van der Waals surface area contributed by atoms with Crippen molar-refractivity contribution in [3.63, 3.8) is 0 Å². The number of anilines is 1. The fraction of sp³-hybridized carbons (Fsp3) is 0.500. The van der Waals surface area contributed by atoms with Gasteiger partial charge in [-0.25, -0.2) is 15.0 Å². The van der Waals surface area contributed by atoms with E-state index in [1.54, 1.807) is 11.5 Å². The summed E-state index contributed by atoms with van der Waals surface area (Å²) in [5.74, 6) is 0.202. The monoisotopic (exact) mass is 527 g/mol. The van der Waals surface area contributed by atoms with Crippen molar-refractivity contribution in [3.05, 3.63) is 12.7 Å². The number of rotatable bonds is 9. The van der Waals surface area contributed by atoms with Crippen LogP contribution in [0.5, 0.6) is 0 Å². The molecule has 2 N–H and O–H groups in total. The van der Waals surface area contributed by atoms with Gasteiger partial charge in [0.05, 0.1) is 25.3 Å². The SMILES string of the molecule is C[C@H](Cn1cnc2c(N)ncnc21)OCP([O-])(=S)OP(=O)([O-])OP(C)(=O)[O-].[Na+].[Na+].[Na+]. The minimum atomic E-state index is -5.41. The van der Waals surface area contributed by atoms with Gasteiger partial charge in [0.15, 0.2) is 11.5 Å². The number of aromatic nitrogens is 4. The van der Waals surface area contributed by atoms with E-state index in [4.69, 9.17) is 10.5 Å². The van der Waals surface area contributed by atoms with Crippen LogP contribution < -0.4 is 109 Å². The minimum absolute atomic E-state index is 0. The Labute approximate surface area is 244 Å². The van der Waals surface area contributed by atoms with E-state index in [1.807, 2.05) is 0 Å². The molecule has 0 amide bonds. The largest absolute Gasteiger partial charge is 1.00 e. The molecule has 0 aromatic carbocycles. The summed E-state index contributed by atoms with van der Waals surface area (Å²) in [5.41, 5.74) is 6.53. The number of nitrogens with two attached hydrogens (primary N) is 1. The molecule has 30 heavy (non-hydrogen) atoms. The maximum absolute atomic E-state index is 12.0. The van der Waals surface area contributed by atoms with Crippen molar-refractivity contribution in [2.75, 3.05) is 18.7 Å². The number of hydrogen-bond donors (Lipinski definition) is 1. The van der Waals surface area contributed by atoms with Gasteiger partial charge in [0.25, 0.3) is 7.82 Å². The van der Waals surface area contributed by atoms with Gasteiger partial charge in [-0.05, 0) is 6.92 Å². The van der Waals surface area contributed by atoms with E-state index in [1.165, 1.54) is 12.7 Å². The average Bonchev–Trinajstić information content (AvgIpc) is 2.86. The second kappa shape index (κ2) is 13.9. The summed E-state index contributed by atoms with van der Waals surface area (Å²) in [5, 5.41) is 0. The van der Waals surface area contributed by atoms with Crippen LogP contribution in [0, 0.1) is 0 Å². The Bertz CT molecular complexity index is 978. The molecule has 0 fully saturated rings. The first-order valence-corrected chi connectivity index (χ1v) is 13.4. The van der Waals surface area contributed by atoms with E-state index in [2.05, 4.69) is 35.4 Å². The molecule has 20 heteroatoms. The van der Waals surface area contributed by atoms with Gasteiger partial charge in [-0.2, -0.15) is 0 Å². The summed E-state index contributed by atoms with van der Waals surface area (Å²) < 4.78 is 37.1. The molecule has 3 unspecified atom stereocenters. The first-order valence-electron chi connectivity index (χ1n) is 7.13. The predicted molar refractivity (Wildman–Crippen MR) is 92.7 cm³/mol. The van der Waals surface area contributed by atoms with Crippen molar-refractivity contribution < 1.29 is 126 Å². The normalized spacial score (nSPS) is 17.9. The number of phosphoric acid groups is 1. The topological polar surface area (TPSA) is 201 Å². The summed E-state index contributed by atoms with van der Waals surface area (Å²) >= 11 is 4.55. The molecule has 152 valence electrons. The molecule has 0 bridgehead atoms. The molecule has 2 aromatic heterocycles. The standard InChI is InChI=1S/C10H18N5O8P3S.3Na/c1-7(3-15-5-14-8-9(11)12-4-13-10(8)15)21-6-25(18,27)23-26(19,20)22-24(2,16)17;;;/h4-5,7H,3,6H2,1-2H3,(H,16,17)(H,18,27)(H,19,20)(H2,11,12,13);;;/q;3*+1/p-3/t7-,25?;;;/m1.../s1. The van der Waals surface area contributed by atoms with Gasteiger partial charge in [-0.15, -0.1) is 0 Å². The van der Waals surface area contributed by atoms with E-state index in [0.717, 1.165) is 0 Å². The van der Waals surface area contributed by atoms with Crippen LogP contribution in [0.15, 0.2) is 12.7 Å². The molecule has 13 nitrogen and oxygen atoms in total. The Balaban J connectivity index is 0. The number of nitrogen functional groups attached to an aromatic ring is 1. The number of hydrogen-bond acceptors (Lipinski definition) is 13. The average molecular weight is 527 g/mol. The molecular weight excluding hydrogens is 512 g/mol. The molecule has 2 aromatic rings. The second-order valence-corrected chi connectivity index (χ2v) is 12.3. The van der Waals surface area contributed by atoms with E-state index in [-0.39, 0.29) is 101 Å². The van der Waals surface area contributed by atoms with Crippen molar-refractivity contribution in [3.8, 4) is 0 Å². The maximum atomic E-state index is 12.0. The van der Waals surface area contributed by atoms with Crippen LogP contribution in [0.1, 0.15) is 6.92 Å². The van der Waals surface area contributed by atoms with Gasteiger partial charge < -0.3 is 34.3 Å². The molecule has 0 aliphatic heterocycles. The summed E-state index contributed by atoms with van der Waals surface area (Å²) in [4.78, 5) is 46.3. The van der Waals surface area contributed by atoms with E-state index in [0.29, 0.717) is 17.8 Å². The van der Waals surface area contributed by atoms with E-state index >= 15 is 0 Å². The first kappa shape index (κ1) is 34.4. The second-order valence-electron chi connectivity index (χ2n) is 5.43. The predicted octanol–water partition coefficient (Wildman–Crippen LogP) is -9.86. The number of nitrogens with zero attached hydrogens (tertiary/aromatic N) is 4. The van der Waals surface area contributed by atoms with Crippen molar-refractivity contribution >= 4 is 50.7 Å². The van der Waals surface area contributed by atoms with Crippen molar-refractivity contribution in [2.24, 2.45) is 0 Å². The first-order chi connectivity index (χ1) is 12.3. The van der Waals surface area contributed by atoms with Gasteiger partial charge in [-0.1, -0.05) is 11.8 Å². The third-order valence-corrected chi connectivity index (χ3v) is 8.04. The molecule has 2 heterocycles. The number of fused-ring (bicyclic) bond motifs is 1. The van der Waals surface area contributed by atoms with Crippen LogP contribution in [0.3, 0.4) is 0 Å². The van der Waals surface area contributed by atoms with Crippen LogP contribution in [0.25, 0.3) is 11.2 Å². The molecule has 0 aliphatic rings. The molecule has 4 atom stereocenters. The van der Waals surface area contributed by atoms with Crippen molar-refractivity contribution in [1.82, 2.24) is 19.5 Å². The third kappa shape index (κ3) is 11.6. The smallest absolute Gasteiger partial charge is 0.799 e. The quantitative estimate of drug-likeness (QED) is 0.238. The third-order valence-electron chi connectivity index (χ3n) is 2.87. The van der Waals surface area contributed by atoms with Crippen LogP contribution in [0.4, 0.5) is 5.82 Å². The number of ether oxygens (including phenoxy) is 1. The molecule has 0 saturated carbocycles. The Morgan fingerprint density at radius 1 is 1.17 bits per heavy atom. The van der Waals surface area contributed by atoms with Crippen LogP contribution in [-0.4, -0.2) is 38.6 Å². The molecular formula is C10H15N5Na3O8P3S. The zero-order chi connectivity index (χ0) is 20.5. The Morgan fingerprint density at radius 2 is 1.77 bits per heavy atom. The van der Waals surface area contributed by atoms with Gasteiger partial charge in [0.2, 0.25) is 0 Å². The zero-order valence-corrected chi connectivity index (χ0v) is 26.5. The molecule has 0 aliphatic carbocycles. The van der Waals surface area contributed by atoms with Crippen LogP contribution in [0.2, 0.25) is 0 Å². The Morgan fingerprint density at radius 3 is 2.33 bits per heavy atom. The van der Waals surface area contributed by atoms with E-state index < -0.39 is 34.4 Å².